The predicted molar refractivity (Wildman–Crippen MR) is 74.9 cm³/mol. The number of hydrogen-bond donors (Lipinski definition) is 1. The predicted octanol–water partition coefficient (Wildman–Crippen LogP) is 2.23. The van der Waals surface area contributed by atoms with Crippen LogP contribution in [0.15, 0.2) is 31.0 Å². The Bertz CT molecular complexity index is 404. The zero-order valence-electron chi connectivity index (χ0n) is 11.1. The van der Waals surface area contributed by atoms with E-state index >= 15 is 0 Å². The summed E-state index contributed by atoms with van der Waals surface area (Å²) in [6, 6.07) is 3.53. The number of amides is 1. The van der Waals surface area contributed by atoms with E-state index in [0.29, 0.717) is 12.1 Å². The van der Waals surface area contributed by atoms with Crippen LogP contribution in [-0.4, -0.2) is 31.0 Å². The standard InChI is InChI=1S/C14H21N3O/c1-4-6-10-17(3)13-11-12(7-9-15-13)14(18)16-8-5-2/h5,7,9,11H,2,4,6,8,10H2,1,3H3,(H,16,18). The third-order valence-electron chi connectivity index (χ3n) is 2.65. The maximum absolute atomic E-state index is 11.8. The number of pyridine rings is 1. The second kappa shape index (κ2) is 7.48. The number of nitrogens with one attached hydrogen (secondary N) is 1. The smallest absolute Gasteiger partial charge is 0.251 e. The normalized spacial score (nSPS) is 9.89. The molecule has 0 radical (unpaired) electrons. The van der Waals surface area contributed by atoms with Crippen molar-refractivity contribution in [1.82, 2.24) is 10.3 Å². The van der Waals surface area contributed by atoms with Gasteiger partial charge in [-0.1, -0.05) is 19.4 Å². The zero-order valence-corrected chi connectivity index (χ0v) is 11.1. The molecule has 1 heterocycles. The van der Waals surface area contributed by atoms with Crippen LogP contribution in [0.3, 0.4) is 0 Å². The Balaban J connectivity index is 2.72. The summed E-state index contributed by atoms with van der Waals surface area (Å²) in [5.41, 5.74) is 0.630. The Morgan fingerprint density at radius 2 is 2.39 bits per heavy atom. The molecule has 1 aromatic rings. The van der Waals surface area contributed by atoms with E-state index in [0.717, 1.165) is 25.2 Å². The van der Waals surface area contributed by atoms with Gasteiger partial charge in [-0.05, 0) is 18.6 Å². The third-order valence-corrected chi connectivity index (χ3v) is 2.65. The number of anilines is 1. The summed E-state index contributed by atoms with van der Waals surface area (Å²) >= 11 is 0. The van der Waals surface area contributed by atoms with Gasteiger partial charge in [-0.25, -0.2) is 4.98 Å². The van der Waals surface area contributed by atoms with E-state index in [1.165, 1.54) is 0 Å². The summed E-state index contributed by atoms with van der Waals surface area (Å²) in [6.07, 6.45) is 5.59. The maximum atomic E-state index is 11.8. The van der Waals surface area contributed by atoms with Gasteiger partial charge < -0.3 is 10.2 Å². The van der Waals surface area contributed by atoms with Gasteiger partial charge in [0.25, 0.3) is 5.91 Å². The molecule has 98 valence electrons. The van der Waals surface area contributed by atoms with Crippen LogP contribution < -0.4 is 10.2 Å². The van der Waals surface area contributed by atoms with Crippen LogP contribution in [-0.2, 0) is 0 Å². The monoisotopic (exact) mass is 247 g/mol. The van der Waals surface area contributed by atoms with Crippen LogP contribution in [0, 0.1) is 0 Å². The molecule has 1 rings (SSSR count). The first kappa shape index (κ1) is 14.2. The third kappa shape index (κ3) is 4.20. The maximum Gasteiger partial charge on any atom is 0.251 e. The van der Waals surface area contributed by atoms with E-state index in [-0.39, 0.29) is 5.91 Å². The van der Waals surface area contributed by atoms with E-state index in [1.807, 2.05) is 13.1 Å². The van der Waals surface area contributed by atoms with Gasteiger partial charge in [-0.3, -0.25) is 4.79 Å². The van der Waals surface area contributed by atoms with Gasteiger partial charge in [0.2, 0.25) is 0 Å². The van der Waals surface area contributed by atoms with Crippen molar-refractivity contribution >= 4 is 11.7 Å². The quantitative estimate of drug-likeness (QED) is 0.752. The van der Waals surface area contributed by atoms with Crippen molar-refractivity contribution in [2.45, 2.75) is 19.8 Å². The van der Waals surface area contributed by atoms with Crippen molar-refractivity contribution in [3.05, 3.63) is 36.5 Å². The van der Waals surface area contributed by atoms with Crippen molar-refractivity contribution in [2.75, 3.05) is 25.0 Å². The van der Waals surface area contributed by atoms with Crippen LogP contribution in [0.25, 0.3) is 0 Å². The number of aromatic nitrogens is 1. The number of unbranched alkanes of at least 4 members (excludes halogenated alkanes) is 1. The molecule has 1 N–H and O–H groups in total. The van der Waals surface area contributed by atoms with Crippen LogP contribution >= 0.6 is 0 Å². The number of carbonyl (C=O) groups excluding carboxylic acids is 1. The molecular weight excluding hydrogens is 226 g/mol. The van der Waals surface area contributed by atoms with Crippen LogP contribution in [0.4, 0.5) is 5.82 Å². The molecule has 0 aliphatic heterocycles. The topological polar surface area (TPSA) is 45.2 Å². The average Bonchev–Trinajstić information content (AvgIpc) is 2.42. The van der Waals surface area contributed by atoms with Gasteiger partial charge >= 0.3 is 0 Å². The molecule has 0 aliphatic carbocycles. The summed E-state index contributed by atoms with van der Waals surface area (Å²) in [5, 5.41) is 2.75. The molecule has 0 bridgehead atoms. The molecule has 18 heavy (non-hydrogen) atoms. The lowest BCUT2D eigenvalue weighted by atomic mass is 10.2. The minimum atomic E-state index is -0.0950. The van der Waals surface area contributed by atoms with Gasteiger partial charge in [0.05, 0.1) is 0 Å². The van der Waals surface area contributed by atoms with Crippen molar-refractivity contribution in [2.24, 2.45) is 0 Å². The Kier molecular flexibility index (Phi) is 5.91. The molecule has 0 aromatic carbocycles. The van der Waals surface area contributed by atoms with Crippen LogP contribution in [0.1, 0.15) is 30.1 Å². The molecular formula is C14H21N3O. The average molecular weight is 247 g/mol. The van der Waals surface area contributed by atoms with Gasteiger partial charge in [-0.15, -0.1) is 6.58 Å². The first-order chi connectivity index (χ1) is 8.69. The van der Waals surface area contributed by atoms with E-state index < -0.39 is 0 Å². The second-order valence-electron chi connectivity index (χ2n) is 4.18. The van der Waals surface area contributed by atoms with E-state index in [1.54, 1.807) is 18.3 Å². The minimum absolute atomic E-state index is 0.0950. The highest BCUT2D eigenvalue weighted by Gasteiger charge is 2.08. The summed E-state index contributed by atoms with van der Waals surface area (Å²) in [5.74, 6) is 0.733. The van der Waals surface area contributed by atoms with Crippen LogP contribution in [0.5, 0.6) is 0 Å². The molecule has 0 aliphatic rings. The lowest BCUT2D eigenvalue weighted by Crippen LogP contribution is -2.24. The summed E-state index contributed by atoms with van der Waals surface area (Å²) in [7, 11) is 1.99. The lowest BCUT2D eigenvalue weighted by Gasteiger charge is -2.18. The molecule has 0 unspecified atom stereocenters. The number of hydrogen-bond acceptors (Lipinski definition) is 3. The zero-order chi connectivity index (χ0) is 13.4. The molecule has 4 nitrogen and oxygen atoms in total. The van der Waals surface area contributed by atoms with Gasteiger partial charge in [0, 0.05) is 31.9 Å². The Labute approximate surface area is 109 Å². The largest absolute Gasteiger partial charge is 0.360 e. The molecule has 4 heteroatoms. The number of rotatable bonds is 7. The summed E-state index contributed by atoms with van der Waals surface area (Å²) in [6.45, 7) is 7.14. The van der Waals surface area contributed by atoms with Gasteiger partial charge in [0.15, 0.2) is 0 Å². The molecule has 1 amide bonds. The molecule has 0 saturated carbocycles. The highest BCUT2D eigenvalue weighted by molar-refractivity contribution is 5.94. The van der Waals surface area contributed by atoms with Gasteiger partial charge in [0.1, 0.15) is 5.82 Å². The fraction of sp³-hybridized carbons (Fsp3) is 0.429. The SMILES string of the molecule is C=CCNC(=O)c1ccnc(N(C)CCCC)c1. The highest BCUT2D eigenvalue weighted by atomic mass is 16.1. The Morgan fingerprint density at radius 1 is 1.61 bits per heavy atom. The summed E-state index contributed by atoms with van der Waals surface area (Å²) in [4.78, 5) is 18.1. The number of carbonyl (C=O) groups is 1. The molecule has 1 aromatic heterocycles. The van der Waals surface area contributed by atoms with Crippen molar-refractivity contribution in [3.8, 4) is 0 Å². The minimum Gasteiger partial charge on any atom is -0.360 e. The molecule has 0 fully saturated rings. The fourth-order valence-electron chi connectivity index (χ4n) is 1.55. The Morgan fingerprint density at radius 3 is 3.06 bits per heavy atom. The lowest BCUT2D eigenvalue weighted by molar-refractivity contribution is 0.0958. The van der Waals surface area contributed by atoms with E-state index in [2.05, 4.69) is 28.7 Å². The molecule has 0 saturated heterocycles. The van der Waals surface area contributed by atoms with Crippen molar-refractivity contribution in [3.63, 3.8) is 0 Å². The highest BCUT2D eigenvalue weighted by Crippen LogP contribution is 2.11. The van der Waals surface area contributed by atoms with E-state index in [4.69, 9.17) is 0 Å². The fourth-order valence-corrected chi connectivity index (χ4v) is 1.55. The van der Waals surface area contributed by atoms with Crippen LogP contribution in [0.2, 0.25) is 0 Å². The van der Waals surface area contributed by atoms with Crippen molar-refractivity contribution in [1.29, 1.82) is 0 Å². The summed E-state index contributed by atoms with van der Waals surface area (Å²) < 4.78 is 0. The molecule has 0 spiro atoms. The Hall–Kier alpha value is -1.84. The van der Waals surface area contributed by atoms with E-state index in [9.17, 15) is 4.79 Å². The second-order valence-corrected chi connectivity index (χ2v) is 4.18. The van der Waals surface area contributed by atoms with Crippen molar-refractivity contribution < 1.29 is 4.79 Å². The molecule has 0 atom stereocenters. The van der Waals surface area contributed by atoms with Gasteiger partial charge in [-0.2, -0.15) is 0 Å². The first-order valence-corrected chi connectivity index (χ1v) is 6.25. The first-order valence-electron chi connectivity index (χ1n) is 6.25. The number of nitrogens with zero attached hydrogens (tertiary/aromatic N) is 2.